The smallest absolute Gasteiger partial charge is 0.133 e. The summed E-state index contributed by atoms with van der Waals surface area (Å²) in [6, 6.07) is 7.38. The molecule has 0 aliphatic rings. The van der Waals surface area contributed by atoms with Gasteiger partial charge in [-0.25, -0.2) is 0 Å². The van der Waals surface area contributed by atoms with Crippen LogP contribution in [0, 0.1) is 6.92 Å². The van der Waals surface area contributed by atoms with Crippen LogP contribution in [-0.4, -0.2) is 11.7 Å². The van der Waals surface area contributed by atoms with E-state index < -0.39 is 6.10 Å². The third kappa shape index (κ3) is 2.76. The monoisotopic (exact) mass is 310 g/mol. The van der Waals surface area contributed by atoms with Gasteiger partial charge in [-0.05, 0) is 53.5 Å². The van der Waals surface area contributed by atoms with Crippen LogP contribution in [0.25, 0.3) is 0 Å². The fourth-order valence-corrected chi connectivity index (χ4v) is 2.27. The molecule has 4 heteroatoms. The molecule has 1 aromatic heterocycles. The van der Waals surface area contributed by atoms with E-state index in [0.29, 0.717) is 6.61 Å². The Kier molecular flexibility index (Phi) is 4.09. The average Bonchev–Trinajstić information content (AvgIpc) is 2.78. The second-order valence-electron chi connectivity index (χ2n) is 4.02. The molecule has 1 atom stereocenters. The van der Waals surface area contributed by atoms with Gasteiger partial charge in [0.15, 0.2) is 0 Å². The number of aliphatic hydroxyl groups is 1. The van der Waals surface area contributed by atoms with Gasteiger partial charge in [0.05, 0.1) is 17.3 Å². The number of rotatable bonds is 4. The maximum absolute atomic E-state index is 10.2. The van der Waals surface area contributed by atoms with Gasteiger partial charge in [0.25, 0.3) is 0 Å². The zero-order chi connectivity index (χ0) is 13.1. The van der Waals surface area contributed by atoms with Crippen LogP contribution in [0.2, 0.25) is 0 Å². The second-order valence-corrected chi connectivity index (χ2v) is 4.87. The van der Waals surface area contributed by atoms with Gasteiger partial charge >= 0.3 is 0 Å². The minimum absolute atomic E-state index is 0.613. The normalized spacial score (nSPS) is 12.4. The molecule has 1 heterocycles. The Balaban J connectivity index is 2.26. The Morgan fingerprint density at radius 3 is 2.67 bits per heavy atom. The molecule has 96 valence electrons. The van der Waals surface area contributed by atoms with Crippen molar-refractivity contribution in [2.75, 3.05) is 6.61 Å². The Hall–Kier alpha value is -1.26. The Labute approximate surface area is 115 Å². The van der Waals surface area contributed by atoms with Crippen LogP contribution in [0.1, 0.15) is 29.9 Å². The maximum Gasteiger partial charge on any atom is 0.133 e. The van der Waals surface area contributed by atoms with Crippen LogP contribution < -0.4 is 4.74 Å². The first-order chi connectivity index (χ1) is 8.61. The van der Waals surface area contributed by atoms with Crippen molar-refractivity contribution in [1.29, 1.82) is 0 Å². The van der Waals surface area contributed by atoms with Crippen LogP contribution in [-0.2, 0) is 0 Å². The molecule has 0 fully saturated rings. The third-order valence-corrected chi connectivity index (χ3v) is 3.26. The first-order valence-corrected chi connectivity index (χ1v) is 6.56. The summed E-state index contributed by atoms with van der Waals surface area (Å²) in [6.07, 6.45) is 0.888. The maximum atomic E-state index is 10.2. The van der Waals surface area contributed by atoms with Crippen molar-refractivity contribution in [2.24, 2.45) is 0 Å². The third-order valence-electron chi connectivity index (χ3n) is 2.64. The molecule has 1 N–H and O–H groups in total. The van der Waals surface area contributed by atoms with Gasteiger partial charge in [-0.1, -0.05) is 6.07 Å². The zero-order valence-electron chi connectivity index (χ0n) is 10.3. The molecule has 0 saturated heterocycles. The predicted octanol–water partition coefficient (Wildman–Crippen LogP) is 3.83. The van der Waals surface area contributed by atoms with Crippen molar-refractivity contribution < 1.29 is 14.3 Å². The molecule has 0 aliphatic carbocycles. The van der Waals surface area contributed by atoms with Crippen LogP contribution in [0.3, 0.4) is 0 Å². The first-order valence-electron chi connectivity index (χ1n) is 5.77. The van der Waals surface area contributed by atoms with Gasteiger partial charge in [0.2, 0.25) is 0 Å². The summed E-state index contributed by atoms with van der Waals surface area (Å²) in [4.78, 5) is 0. The van der Waals surface area contributed by atoms with Crippen molar-refractivity contribution in [2.45, 2.75) is 20.0 Å². The molecule has 1 unspecified atom stereocenters. The largest absolute Gasteiger partial charge is 0.493 e. The van der Waals surface area contributed by atoms with E-state index in [-0.39, 0.29) is 0 Å². The highest BCUT2D eigenvalue weighted by molar-refractivity contribution is 9.10. The summed E-state index contributed by atoms with van der Waals surface area (Å²) < 4.78 is 11.5. The highest BCUT2D eigenvalue weighted by atomic mass is 79.9. The average molecular weight is 311 g/mol. The first kappa shape index (κ1) is 13.2. The zero-order valence-corrected chi connectivity index (χ0v) is 11.9. The van der Waals surface area contributed by atoms with Crippen molar-refractivity contribution in [3.63, 3.8) is 0 Å². The fraction of sp³-hybridized carbons (Fsp3) is 0.286. The van der Waals surface area contributed by atoms with Gasteiger partial charge < -0.3 is 14.3 Å². The molecule has 2 rings (SSSR count). The second kappa shape index (κ2) is 5.59. The van der Waals surface area contributed by atoms with Crippen molar-refractivity contribution in [3.8, 4) is 5.75 Å². The lowest BCUT2D eigenvalue weighted by molar-refractivity contribution is 0.219. The van der Waals surface area contributed by atoms with Crippen LogP contribution in [0.15, 0.2) is 39.4 Å². The SMILES string of the molecule is CCOc1ccc(C(O)c2coc(C)c2)cc1Br. The van der Waals surface area contributed by atoms with E-state index in [4.69, 9.17) is 9.15 Å². The van der Waals surface area contributed by atoms with Crippen molar-refractivity contribution >= 4 is 15.9 Å². The summed E-state index contributed by atoms with van der Waals surface area (Å²) in [5, 5.41) is 10.2. The van der Waals surface area contributed by atoms with E-state index in [1.165, 1.54) is 0 Å². The molecule has 18 heavy (non-hydrogen) atoms. The number of benzene rings is 1. The summed E-state index contributed by atoms with van der Waals surface area (Å²) in [6.45, 7) is 4.40. The van der Waals surface area contributed by atoms with Crippen LogP contribution in [0.5, 0.6) is 5.75 Å². The van der Waals surface area contributed by atoms with Gasteiger partial charge in [-0.2, -0.15) is 0 Å². The lowest BCUT2D eigenvalue weighted by Gasteiger charge is -2.11. The van der Waals surface area contributed by atoms with E-state index in [2.05, 4.69) is 15.9 Å². The highest BCUT2D eigenvalue weighted by Crippen LogP contribution is 2.31. The number of aliphatic hydroxyl groups excluding tert-OH is 1. The number of furan rings is 1. The summed E-state index contributed by atoms with van der Waals surface area (Å²) in [5.74, 6) is 1.56. The lowest BCUT2D eigenvalue weighted by Crippen LogP contribution is -1.99. The van der Waals surface area contributed by atoms with E-state index in [1.807, 2.05) is 38.1 Å². The molecular weight excluding hydrogens is 296 g/mol. The molecule has 3 nitrogen and oxygen atoms in total. The highest BCUT2D eigenvalue weighted by Gasteiger charge is 2.14. The minimum atomic E-state index is -0.686. The topological polar surface area (TPSA) is 42.6 Å². The predicted molar refractivity (Wildman–Crippen MR) is 72.8 cm³/mol. The van der Waals surface area contributed by atoms with Crippen molar-refractivity contribution in [3.05, 3.63) is 51.9 Å². The van der Waals surface area contributed by atoms with Crippen molar-refractivity contribution in [1.82, 2.24) is 0 Å². The van der Waals surface area contributed by atoms with E-state index in [1.54, 1.807) is 6.26 Å². The molecule has 0 amide bonds. The minimum Gasteiger partial charge on any atom is -0.493 e. The molecule has 0 bridgehead atoms. The summed E-state index contributed by atoms with van der Waals surface area (Å²) >= 11 is 3.43. The number of ether oxygens (including phenoxy) is 1. The van der Waals surface area contributed by atoms with Crippen LogP contribution >= 0.6 is 15.9 Å². The van der Waals surface area contributed by atoms with E-state index in [9.17, 15) is 5.11 Å². The number of hydrogen-bond donors (Lipinski definition) is 1. The van der Waals surface area contributed by atoms with Gasteiger partial charge in [0, 0.05) is 5.56 Å². The van der Waals surface area contributed by atoms with Gasteiger partial charge in [-0.15, -0.1) is 0 Å². The molecular formula is C14H15BrO3. The molecule has 0 aliphatic heterocycles. The van der Waals surface area contributed by atoms with E-state index in [0.717, 1.165) is 27.1 Å². The summed E-state index contributed by atoms with van der Waals surface area (Å²) in [5.41, 5.74) is 1.55. The Bertz CT molecular complexity index is 534. The molecule has 2 aromatic rings. The molecule has 0 radical (unpaired) electrons. The lowest BCUT2D eigenvalue weighted by atomic mass is 10.0. The number of hydrogen-bond acceptors (Lipinski definition) is 3. The fourth-order valence-electron chi connectivity index (χ4n) is 1.76. The van der Waals surface area contributed by atoms with E-state index >= 15 is 0 Å². The van der Waals surface area contributed by atoms with Gasteiger partial charge in [-0.3, -0.25) is 0 Å². The molecule has 0 saturated carbocycles. The molecule has 0 spiro atoms. The standard InChI is InChI=1S/C14H15BrO3/c1-3-17-13-5-4-10(7-12(13)15)14(16)11-6-9(2)18-8-11/h4-8,14,16H,3H2,1-2H3. The number of halogens is 1. The van der Waals surface area contributed by atoms with Crippen LogP contribution in [0.4, 0.5) is 0 Å². The quantitative estimate of drug-likeness (QED) is 0.933. The Morgan fingerprint density at radius 2 is 2.11 bits per heavy atom. The molecule has 1 aromatic carbocycles. The number of aryl methyl sites for hydroxylation is 1. The Morgan fingerprint density at radius 1 is 1.33 bits per heavy atom. The summed E-state index contributed by atoms with van der Waals surface area (Å²) in [7, 11) is 0. The van der Waals surface area contributed by atoms with Gasteiger partial charge in [0.1, 0.15) is 17.6 Å².